The number of aryl methyl sites for hydroxylation is 2. The lowest BCUT2D eigenvalue weighted by Gasteiger charge is -2.26. The van der Waals surface area contributed by atoms with Gasteiger partial charge in [0, 0.05) is 25.6 Å². The SMILES string of the molecule is Cc1ccc(C(N)CN2CCC(C)(C)CCC2=O)c(C)c1. The van der Waals surface area contributed by atoms with Gasteiger partial charge in [-0.1, -0.05) is 37.6 Å². The summed E-state index contributed by atoms with van der Waals surface area (Å²) in [5, 5.41) is 0. The molecule has 0 bridgehead atoms. The minimum atomic E-state index is -0.101. The third-order valence-corrected chi connectivity index (χ3v) is 4.67. The maximum atomic E-state index is 12.3. The van der Waals surface area contributed by atoms with E-state index < -0.39 is 0 Å². The second-order valence-corrected chi connectivity index (χ2v) is 7.22. The van der Waals surface area contributed by atoms with Gasteiger partial charge in [-0.25, -0.2) is 0 Å². The van der Waals surface area contributed by atoms with E-state index in [1.807, 2.05) is 4.90 Å². The van der Waals surface area contributed by atoms with Gasteiger partial charge in [-0.05, 0) is 43.2 Å². The summed E-state index contributed by atoms with van der Waals surface area (Å²) >= 11 is 0. The van der Waals surface area contributed by atoms with Crippen LogP contribution < -0.4 is 5.73 Å². The molecule has 1 heterocycles. The molecule has 1 atom stereocenters. The number of rotatable bonds is 3. The summed E-state index contributed by atoms with van der Waals surface area (Å²) in [5.41, 5.74) is 10.2. The highest BCUT2D eigenvalue weighted by Gasteiger charge is 2.28. The molecule has 2 rings (SSSR count). The number of amides is 1. The second-order valence-electron chi connectivity index (χ2n) is 7.22. The lowest BCUT2D eigenvalue weighted by atomic mass is 9.85. The quantitative estimate of drug-likeness (QED) is 0.927. The molecule has 1 fully saturated rings. The fraction of sp³-hybridized carbons (Fsp3) is 0.611. The summed E-state index contributed by atoms with van der Waals surface area (Å²) in [5.74, 6) is 0.251. The third-order valence-electron chi connectivity index (χ3n) is 4.67. The van der Waals surface area contributed by atoms with Crippen molar-refractivity contribution >= 4 is 5.91 Å². The van der Waals surface area contributed by atoms with E-state index in [0.29, 0.717) is 13.0 Å². The average Bonchev–Trinajstić information content (AvgIpc) is 2.51. The minimum absolute atomic E-state index is 0.101. The lowest BCUT2D eigenvalue weighted by molar-refractivity contribution is -0.131. The topological polar surface area (TPSA) is 46.3 Å². The van der Waals surface area contributed by atoms with Gasteiger partial charge in [-0.2, -0.15) is 0 Å². The van der Waals surface area contributed by atoms with E-state index in [1.54, 1.807) is 0 Å². The molecule has 1 saturated heterocycles. The van der Waals surface area contributed by atoms with Crippen LogP contribution in [0.5, 0.6) is 0 Å². The fourth-order valence-electron chi connectivity index (χ4n) is 3.06. The van der Waals surface area contributed by atoms with Gasteiger partial charge in [-0.15, -0.1) is 0 Å². The van der Waals surface area contributed by atoms with Crippen molar-refractivity contribution in [2.75, 3.05) is 13.1 Å². The summed E-state index contributed by atoms with van der Waals surface area (Å²) in [6.45, 7) is 10.1. The molecule has 1 aromatic carbocycles. The second kappa shape index (κ2) is 6.18. The molecule has 3 nitrogen and oxygen atoms in total. The van der Waals surface area contributed by atoms with Gasteiger partial charge in [0.25, 0.3) is 0 Å². The molecular weight excluding hydrogens is 260 g/mol. The van der Waals surface area contributed by atoms with E-state index in [0.717, 1.165) is 24.9 Å². The molecule has 0 aliphatic carbocycles. The van der Waals surface area contributed by atoms with Crippen LogP contribution in [-0.2, 0) is 4.79 Å². The van der Waals surface area contributed by atoms with Crippen LogP contribution in [0.15, 0.2) is 18.2 Å². The third kappa shape index (κ3) is 4.07. The zero-order chi connectivity index (χ0) is 15.6. The van der Waals surface area contributed by atoms with Crippen molar-refractivity contribution in [2.24, 2.45) is 11.1 Å². The first-order valence-corrected chi connectivity index (χ1v) is 7.89. The van der Waals surface area contributed by atoms with Crippen LogP contribution in [0.25, 0.3) is 0 Å². The van der Waals surface area contributed by atoms with Crippen molar-refractivity contribution in [3.63, 3.8) is 0 Å². The first kappa shape index (κ1) is 16.0. The van der Waals surface area contributed by atoms with Gasteiger partial charge in [0.05, 0.1) is 0 Å². The number of carbonyl (C=O) groups is 1. The van der Waals surface area contributed by atoms with E-state index in [-0.39, 0.29) is 17.4 Å². The van der Waals surface area contributed by atoms with Crippen LogP contribution in [0.2, 0.25) is 0 Å². The Bertz CT molecular complexity index is 522. The molecule has 2 N–H and O–H groups in total. The number of carbonyl (C=O) groups excluding carboxylic acids is 1. The standard InChI is InChI=1S/C18H28N2O/c1-13-5-6-15(14(2)11-13)16(19)12-20-10-9-18(3,4)8-7-17(20)21/h5-6,11,16H,7-10,12,19H2,1-4H3. The van der Waals surface area contributed by atoms with E-state index in [9.17, 15) is 4.79 Å². The molecule has 1 aliphatic rings. The highest BCUT2D eigenvalue weighted by Crippen LogP contribution is 2.31. The van der Waals surface area contributed by atoms with Crippen molar-refractivity contribution in [1.82, 2.24) is 4.90 Å². The molecule has 3 heteroatoms. The smallest absolute Gasteiger partial charge is 0.222 e. The molecule has 1 amide bonds. The summed E-state index contributed by atoms with van der Waals surface area (Å²) in [4.78, 5) is 14.2. The van der Waals surface area contributed by atoms with Crippen LogP contribution in [0.1, 0.15) is 55.8 Å². The fourth-order valence-corrected chi connectivity index (χ4v) is 3.06. The van der Waals surface area contributed by atoms with Gasteiger partial charge in [-0.3, -0.25) is 4.79 Å². The van der Waals surface area contributed by atoms with Crippen molar-refractivity contribution in [2.45, 2.75) is 53.0 Å². The highest BCUT2D eigenvalue weighted by molar-refractivity contribution is 5.76. The number of nitrogens with two attached hydrogens (primary N) is 1. The summed E-state index contributed by atoms with van der Waals surface area (Å²) in [7, 11) is 0. The van der Waals surface area contributed by atoms with Crippen molar-refractivity contribution in [3.8, 4) is 0 Å². The zero-order valence-electron chi connectivity index (χ0n) is 13.8. The van der Waals surface area contributed by atoms with E-state index in [2.05, 4.69) is 45.9 Å². The Hall–Kier alpha value is -1.35. The van der Waals surface area contributed by atoms with Crippen LogP contribution in [0.4, 0.5) is 0 Å². The number of nitrogens with zero attached hydrogens (tertiary/aromatic N) is 1. The first-order chi connectivity index (χ1) is 9.78. The molecule has 116 valence electrons. The van der Waals surface area contributed by atoms with Gasteiger partial charge < -0.3 is 10.6 Å². The normalized spacial score (nSPS) is 20.2. The van der Waals surface area contributed by atoms with E-state index in [1.165, 1.54) is 11.1 Å². The molecular formula is C18H28N2O. The van der Waals surface area contributed by atoms with Crippen molar-refractivity contribution < 1.29 is 4.79 Å². The minimum Gasteiger partial charge on any atom is -0.341 e. The molecule has 0 radical (unpaired) electrons. The number of hydrogen-bond acceptors (Lipinski definition) is 2. The Morgan fingerprint density at radius 2 is 2.00 bits per heavy atom. The Balaban J connectivity index is 2.07. The largest absolute Gasteiger partial charge is 0.341 e. The highest BCUT2D eigenvalue weighted by atomic mass is 16.2. The molecule has 0 spiro atoms. The monoisotopic (exact) mass is 288 g/mol. The molecule has 21 heavy (non-hydrogen) atoms. The van der Waals surface area contributed by atoms with Crippen molar-refractivity contribution in [1.29, 1.82) is 0 Å². The molecule has 1 aromatic rings. The van der Waals surface area contributed by atoms with E-state index >= 15 is 0 Å². The number of hydrogen-bond donors (Lipinski definition) is 1. The predicted molar refractivity (Wildman–Crippen MR) is 87.1 cm³/mol. The van der Waals surface area contributed by atoms with E-state index in [4.69, 9.17) is 5.73 Å². The summed E-state index contributed by atoms with van der Waals surface area (Å²) < 4.78 is 0. The average molecular weight is 288 g/mol. The number of benzene rings is 1. The van der Waals surface area contributed by atoms with Crippen LogP contribution >= 0.6 is 0 Å². The maximum absolute atomic E-state index is 12.3. The zero-order valence-corrected chi connectivity index (χ0v) is 13.8. The molecule has 1 unspecified atom stereocenters. The number of likely N-dealkylation sites (tertiary alicyclic amines) is 1. The van der Waals surface area contributed by atoms with Gasteiger partial charge >= 0.3 is 0 Å². The van der Waals surface area contributed by atoms with Crippen molar-refractivity contribution in [3.05, 3.63) is 34.9 Å². The summed E-state index contributed by atoms with van der Waals surface area (Å²) in [6.07, 6.45) is 2.67. The van der Waals surface area contributed by atoms with Crippen LogP contribution in [-0.4, -0.2) is 23.9 Å². The first-order valence-electron chi connectivity index (χ1n) is 7.89. The van der Waals surface area contributed by atoms with Crippen LogP contribution in [0.3, 0.4) is 0 Å². The maximum Gasteiger partial charge on any atom is 0.222 e. The predicted octanol–water partition coefficient (Wildman–Crippen LogP) is 3.34. The molecule has 0 saturated carbocycles. The Labute approximate surface area is 128 Å². The van der Waals surface area contributed by atoms with Gasteiger partial charge in [0.2, 0.25) is 5.91 Å². The Kier molecular flexibility index (Phi) is 4.72. The van der Waals surface area contributed by atoms with Gasteiger partial charge in [0.15, 0.2) is 0 Å². The van der Waals surface area contributed by atoms with Gasteiger partial charge in [0.1, 0.15) is 0 Å². The molecule has 0 aromatic heterocycles. The van der Waals surface area contributed by atoms with Crippen LogP contribution in [0, 0.1) is 19.3 Å². The molecule has 1 aliphatic heterocycles. The Morgan fingerprint density at radius 1 is 1.29 bits per heavy atom. The Morgan fingerprint density at radius 3 is 2.67 bits per heavy atom. The lowest BCUT2D eigenvalue weighted by Crippen LogP contribution is -2.37. The summed E-state index contributed by atoms with van der Waals surface area (Å²) in [6, 6.07) is 6.25.